The van der Waals surface area contributed by atoms with E-state index in [1.165, 1.54) is 25.0 Å². The Bertz CT molecular complexity index is 1050. The van der Waals surface area contributed by atoms with Crippen LogP contribution in [0.4, 0.5) is 4.39 Å². The molecular formula is C27H32FN3O2. The topological polar surface area (TPSA) is 50.5 Å². The van der Waals surface area contributed by atoms with Gasteiger partial charge in [0.2, 0.25) is 5.88 Å². The van der Waals surface area contributed by atoms with Gasteiger partial charge in [0, 0.05) is 19.6 Å². The molecule has 3 aromatic rings. The van der Waals surface area contributed by atoms with Crippen LogP contribution in [0.15, 0.2) is 67.3 Å². The molecule has 0 radical (unpaired) electrons. The van der Waals surface area contributed by atoms with Crippen LogP contribution in [0.3, 0.4) is 0 Å². The van der Waals surface area contributed by atoms with E-state index < -0.39 is 6.10 Å². The summed E-state index contributed by atoms with van der Waals surface area (Å²) in [5.74, 6) is 1.54. The summed E-state index contributed by atoms with van der Waals surface area (Å²) in [6, 6.07) is 15.9. The number of allylic oxidation sites excluding steroid dienone is 1. The Morgan fingerprint density at radius 2 is 1.94 bits per heavy atom. The smallest absolute Gasteiger partial charge is 0.227 e. The summed E-state index contributed by atoms with van der Waals surface area (Å²) in [5, 5.41) is 15.4. The molecule has 1 fully saturated rings. The van der Waals surface area contributed by atoms with Gasteiger partial charge in [-0.3, -0.25) is 4.90 Å². The van der Waals surface area contributed by atoms with Crippen LogP contribution in [0.2, 0.25) is 0 Å². The van der Waals surface area contributed by atoms with Gasteiger partial charge < -0.3 is 9.84 Å². The molecule has 6 heteroatoms. The van der Waals surface area contributed by atoms with Gasteiger partial charge in [0.25, 0.3) is 0 Å². The standard InChI is InChI=1S/C27H32FN3O2/c1-3-4-10-24(32)18-30(17-21-11-12-21)19-26-20(2)29-31(23-8-6-5-7-9-23)27(26)33-25-15-13-22(28)14-16-25/h3,5-9,13-16,21,24,32H,1,4,10-12,17-19H2,2H3. The highest BCUT2D eigenvalue weighted by Crippen LogP contribution is 2.34. The number of hydrogen-bond donors (Lipinski definition) is 1. The molecule has 174 valence electrons. The predicted molar refractivity (Wildman–Crippen MR) is 128 cm³/mol. The molecule has 1 atom stereocenters. The van der Waals surface area contributed by atoms with Crippen molar-refractivity contribution < 1.29 is 14.2 Å². The van der Waals surface area contributed by atoms with Crippen molar-refractivity contribution in [3.8, 4) is 17.3 Å². The van der Waals surface area contributed by atoms with Crippen LogP contribution in [-0.4, -0.2) is 39.0 Å². The van der Waals surface area contributed by atoms with Crippen molar-refractivity contribution in [1.82, 2.24) is 14.7 Å². The molecule has 33 heavy (non-hydrogen) atoms. The van der Waals surface area contributed by atoms with Crippen LogP contribution in [0.5, 0.6) is 11.6 Å². The van der Waals surface area contributed by atoms with Crippen LogP contribution in [0, 0.1) is 18.7 Å². The van der Waals surface area contributed by atoms with Gasteiger partial charge in [0.1, 0.15) is 11.6 Å². The molecule has 1 aromatic heterocycles. The Morgan fingerprint density at radius 3 is 2.61 bits per heavy atom. The van der Waals surface area contributed by atoms with Crippen LogP contribution in [-0.2, 0) is 6.54 Å². The van der Waals surface area contributed by atoms with Crippen LogP contribution in [0.25, 0.3) is 5.69 Å². The lowest BCUT2D eigenvalue weighted by molar-refractivity contribution is 0.0991. The van der Waals surface area contributed by atoms with Gasteiger partial charge >= 0.3 is 0 Å². The number of rotatable bonds is 12. The van der Waals surface area contributed by atoms with Gasteiger partial charge in [-0.15, -0.1) is 6.58 Å². The van der Waals surface area contributed by atoms with Gasteiger partial charge in [0.05, 0.1) is 23.0 Å². The van der Waals surface area contributed by atoms with E-state index in [1.807, 2.05) is 43.3 Å². The Labute approximate surface area is 195 Å². The number of ether oxygens (including phenoxy) is 1. The van der Waals surface area contributed by atoms with E-state index in [4.69, 9.17) is 9.84 Å². The first-order chi connectivity index (χ1) is 16.0. The van der Waals surface area contributed by atoms with E-state index in [1.54, 1.807) is 16.8 Å². The molecule has 4 rings (SSSR count). The summed E-state index contributed by atoms with van der Waals surface area (Å²) >= 11 is 0. The Kier molecular flexibility index (Phi) is 7.57. The zero-order valence-electron chi connectivity index (χ0n) is 19.2. The average molecular weight is 450 g/mol. The quantitative estimate of drug-likeness (QED) is 0.363. The van der Waals surface area contributed by atoms with Crippen molar-refractivity contribution in [1.29, 1.82) is 0 Å². The highest BCUT2D eigenvalue weighted by atomic mass is 19.1. The van der Waals surface area contributed by atoms with E-state index >= 15 is 0 Å². The summed E-state index contributed by atoms with van der Waals surface area (Å²) in [7, 11) is 0. The Hall–Kier alpha value is -2.96. The predicted octanol–water partition coefficient (Wildman–Crippen LogP) is 5.65. The molecule has 1 N–H and O–H groups in total. The van der Waals surface area contributed by atoms with Gasteiger partial charge in [-0.2, -0.15) is 5.10 Å². The number of halogens is 1. The van der Waals surface area contributed by atoms with E-state index in [0.29, 0.717) is 37.1 Å². The minimum Gasteiger partial charge on any atom is -0.439 e. The zero-order valence-corrected chi connectivity index (χ0v) is 19.2. The SMILES string of the molecule is C=CCCC(O)CN(Cc1c(C)nn(-c2ccccc2)c1Oc1ccc(F)cc1)CC1CC1. The molecule has 2 aromatic carbocycles. The number of aliphatic hydroxyl groups is 1. The lowest BCUT2D eigenvalue weighted by Crippen LogP contribution is -2.34. The molecule has 1 heterocycles. The molecule has 0 aliphatic heterocycles. The van der Waals surface area contributed by atoms with Gasteiger partial charge in [0.15, 0.2) is 0 Å². The number of hydrogen-bond acceptors (Lipinski definition) is 4. The second kappa shape index (κ2) is 10.8. The molecule has 1 unspecified atom stereocenters. The number of benzene rings is 2. The fourth-order valence-corrected chi connectivity index (χ4v) is 3.98. The average Bonchev–Trinajstić information content (AvgIpc) is 3.58. The number of aromatic nitrogens is 2. The fraction of sp³-hybridized carbons (Fsp3) is 0.370. The first-order valence-corrected chi connectivity index (χ1v) is 11.6. The summed E-state index contributed by atoms with van der Waals surface area (Å²) in [5.41, 5.74) is 2.74. The molecule has 0 spiro atoms. The monoisotopic (exact) mass is 449 g/mol. The summed E-state index contributed by atoms with van der Waals surface area (Å²) in [6.07, 6.45) is 5.40. The Balaban J connectivity index is 1.65. The first-order valence-electron chi connectivity index (χ1n) is 11.6. The van der Waals surface area contributed by atoms with Crippen molar-refractivity contribution in [2.45, 2.75) is 45.3 Å². The van der Waals surface area contributed by atoms with Crippen LogP contribution < -0.4 is 4.74 Å². The van der Waals surface area contributed by atoms with Gasteiger partial charge in [-0.05, 0) is 74.9 Å². The first kappa shape index (κ1) is 23.2. The number of nitrogens with zero attached hydrogens (tertiary/aromatic N) is 3. The second-order valence-electron chi connectivity index (χ2n) is 8.83. The number of aryl methyl sites for hydroxylation is 1. The highest BCUT2D eigenvalue weighted by molar-refractivity contribution is 5.43. The van der Waals surface area contributed by atoms with Crippen molar-refractivity contribution >= 4 is 0 Å². The third-order valence-electron chi connectivity index (χ3n) is 5.93. The molecule has 0 amide bonds. The maximum absolute atomic E-state index is 13.5. The molecule has 1 aliphatic rings. The fourth-order valence-electron chi connectivity index (χ4n) is 3.98. The molecule has 1 aliphatic carbocycles. The largest absolute Gasteiger partial charge is 0.439 e. The molecular weight excluding hydrogens is 417 g/mol. The minimum atomic E-state index is -0.410. The lowest BCUT2D eigenvalue weighted by Gasteiger charge is -2.25. The molecule has 5 nitrogen and oxygen atoms in total. The number of aliphatic hydroxyl groups excluding tert-OH is 1. The van der Waals surface area contributed by atoms with E-state index in [2.05, 4.69) is 11.5 Å². The summed E-state index contributed by atoms with van der Waals surface area (Å²) in [6.45, 7) is 7.90. The molecule has 0 saturated heterocycles. The van der Waals surface area contributed by atoms with Crippen molar-refractivity contribution in [2.24, 2.45) is 5.92 Å². The highest BCUT2D eigenvalue weighted by Gasteiger charge is 2.28. The van der Waals surface area contributed by atoms with Crippen LogP contribution in [0.1, 0.15) is 36.9 Å². The van der Waals surface area contributed by atoms with Crippen LogP contribution >= 0.6 is 0 Å². The summed E-state index contributed by atoms with van der Waals surface area (Å²) < 4.78 is 21.5. The number of para-hydroxylation sites is 1. The molecule has 1 saturated carbocycles. The maximum Gasteiger partial charge on any atom is 0.227 e. The zero-order chi connectivity index (χ0) is 23.2. The van der Waals surface area contributed by atoms with Gasteiger partial charge in [-0.25, -0.2) is 9.07 Å². The van der Waals surface area contributed by atoms with E-state index in [9.17, 15) is 9.50 Å². The summed E-state index contributed by atoms with van der Waals surface area (Å²) in [4.78, 5) is 2.31. The normalized spacial score (nSPS) is 14.4. The molecule has 0 bridgehead atoms. The van der Waals surface area contributed by atoms with Crippen molar-refractivity contribution in [3.05, 3.63) is 84.3 Å². The minimum absolute atomic E-state index is 0.306. The van der Waals surface area contributed by atoms with Crippen molar-refractivity contribution in [3.63, 3.8) is 0 Å². The van der Waals surface area contributed by atoms with Gasteiger partial charge in [-0.1, -0.05) is 24.3 Å². The second-order valence-corrected chi connectivity index (χ2v) is 8.83. The third-order valence-corrected chi connectivity index (χ3v) is 5.93. The lowest BCUT2D eigenvalue weighted by atomic mass is 10.1. The third kappa shape index (κ3) is 6.30. The van der Waals surface area contributed by atoms with E-state index in [-0.39, 0.29) is 5.82 Å². The maximum atomic E-state index is 13.5. The van der Waals surface area contributed by atoms with Crippen molar-refractivity contribution in [2.75, 3.05) is 13.1 Å². The van der Waals surface area contributed by atoms with E-state index in [0.717, 1.165) is 29.9 Å². The Morgan fingerprint density at radius 1 is 1.21 bits per heavy atom.